The maximum absolute atomic E-state index is 12.9. The monoisotopic (exact) mass is 456 g/mol. The largest absolute Gasteiger partial charge is 0.497 e. The number of carboxylic acid groups (broad SMARTS) is 1. The Balaban J connectivity index is 1.74. The number of nitrogens with one attached hydrogen (secondary N) is 1. The summed E-state index contributed by atoms with van der Waals surface area (Å²) in [7, 11) is 1.55. The molecule has 8 nitrogen and oxygen atoms in total. The van der Waals surface area contributed by atoms with Crippen LogP contribution in [0.3, 0.4) is 0 Å². The highest BCUT2D eigenvalue weighted by Gasteiger charge is 2.36. The van der Waals surface area contributed by atoms with E-state index in [2.05, 4.69) is 5.32 Å². The number of benzene rings is 2. The van der Waals surface area contributed by atoms with Gasteiger partial charge in [-0.05, 0) is 53.8 Å². The van der Waals surface area contributed by atoms with Crippen molar-refractivity contribution in [1.29, 1.82) is 0 Å². The Labute approximate surface area is 189 Å². The molecule has 1 unspecified atom stereocenters. The van der Waals surface area contributed by atoms with Gasteiger partial charge in [0.25, 0.3) is 17.7 Å². The first kappa shape index (κ1) is 23.3. The lowest BCUT2D eigenvalue weighted by Crippen LogP contribution is -2.41. The quantitative estimate of drug-likeness (QED) is 0.417. The van der Waals surface area contributed by atoms with Gasteiger partial charge in [0.1, 0.15) is 11.8 Å². The number of fused-ring (bicyclic) bond motifs is 1. The average molecular weight is 457 g/mol. The van der Waals surface area contributed by atoms with Gasteiger partial charge < -0.3 is 15.2 Å². The van der Waals surface area contributed by atoms with Gasteiger partial charge in [0.05, 0.1) is 24.8 Å². The Bertz CT molecular complexity index is 1040. The molecule has 32 heavy (non-hydrogen) atoms. The van der Waals surface area contributed by atoms with Crippen LogP contribution in [0, 0.1) is 0 Å². The summed E-state index contributed by atoms with van der Waals surface area (Å²) < 4.78 is 5.11. The third-order valence-corrected chi connectivity index (χ3v) is 6.02. The van der Waals surface area contributed by atoms with Gasteiger partial charge in [-0.2, -0.15) is 11.8 Å². The number of aliphatic carboxylic acids is 1. The van der Waals surface area contributed by atoms with Gasteiger partial charge in [-0.1, -0.05) is 19.1 Å². The Morgan fingerprint density at radius 1 is 1.09 bits per heavy atom. The number of rotatable bonds is 10. The summed E-state index contributed by atoms with van der Waals surface area (Å²) in [6.45, 7) is 2.06. The molecular formula is C23H24N2O6S. The molecule has 1 aliphatic rings. The van der Waals surface area contributed by atoms with E-state index in [0.29, 0.717) is 11.5 Å². The van der Waals surface area contributed by atoms with Crippen molar-refractivity contribution < 1.29 is 29.0 Å². The molecule has 0 radical (unpaired) electrons. The molecule has 2 aromatic rings. The van der Waals surface area contributed by atoms with Crippen LogP contribution < -0.4 is 10.1 Å². The number of carboxylic acids is 1. The van der Waals surface area contributed by atoms with Crippen LogP contribution in [0.1, 0.15) is 50.0 Å². The zero-order valence-electron chi connectivity index (χ0n) is 17.8. The lowest BCUT2D eigenvalue weighted by molar-refractivity contribution is -0.139. The van der Waals surface area contributed by atoms with Gasteiger partial charge >= 0.3 is 5.97 Å². The lowest BCUT2D eigenvalue weighted by Gasteiger charge is -2.14. The fourth-order valence-corrected chi connectivity index (χ4v) is 4.02. The molecule has 2 N–H and O–H groups in total. The minimum Gasteiger partial charge on any atom is -0.497 e. The van der Waals surface area contributed by atoms with E-state index < -0.39 is 29.7 Å². The van der Waals surface area contributed by atoms with Gasteiger partial charge in [0.2, 0.25) is 0 Å². The summed E-state index contributed by atoms with van der Waals surface area (Å²) in [4.78, 5) is 50.8. The minimum atomic E-state index is -1.12. The van der Waals surface area contributed by atoms with E-state index in [-0.39, 0.29) is 29.7 Å². The van der Waals surface area contributed by atoms with Gasteiger partial charge in [0, 0.05) is 5.56 Å². The Kier molecular flexibility index (Phi) is 7.53. The van der Waals surface area contributed by atoms with Gasteiger partial charge in [-0.25, -0.2) is 4.79 Å². The minimum absolute atomic E-state index is 0.0913. The van der Waals surface area contributed by atoms with E-state index >= 15 is 0 Å². The molecule has 1 atom stereocenters. The number of imide groups is 1. The van der Waals surface area contributed by atoms with Crippen molar-refractivity contribution in [2.75, 3.05) is 18.6 Å². The second-order valence-electron chi connectivity index (χ2n) is 7.15. The van der Waals surface area contributed by atoms with E-state index in [1.54, 1.807) is 43.1 Å². The van der Waals surface area contributed by atoms with E-state index in [9.17, 15) is 24.3 Å². The lowest BCUT2D eigenvalue weighted by atomic mass is 10.0. The molecule has 0 aromatic heterocycles. The number of thioether (sulfide) groups is 1. The van der Waals surface area contributed by atoms with Gasteiger partial charge in [-0.15, -0.1) is 0 Å². The molecule has 0 fully saturated rings. The first-order valence-electron chi connectivity index (χ1n) is 10.1. The highest BCUT2D eigenvalue weighted by molar-refractivity contribution is 7.99. The second kappa shape index (κ2) is 10.3. The van der Waals surface area contributed by atoms with Crippen molar-refractivity contribution in [2.45, 2.75) is 25.9 Å². The maximum atomic E-state index is 12.9. The van der Waals surface area contributed by atoms with Crippen molar-refractivity contribution in [3.63, 3.8) is 0 Å². The standard InChI is InChI=1S/C23H24N2O6S/c1-3-32-11-10-19(23(29)30)24-20(26)15-6-9-17-18(12-15)22(28)25(21(17)27)13-14-4-7-16(31-2)8-5-14/h4-9,12,19H,3,10-11,13H2,1-2H3,(H,24,26)(H,29,30). The SMILES string of the molecule is CCSCCC(NC(=O)c1ccc2c(c1)C(=O)N(Cc1ccc(OC)cc1)C2=O)C(=O)O. The van der Waals surface area contributed by atoms with Crippen LogP contribution in [0.4, 0.5) is 0 Å². The van der Waals surface area contributed by atoms with Crippen LogP contribution >= 0.6 is 11.8 Å². The summed E-state index contributed by atoms with van der Waals surface area (Å²) in [5, 5.41) is 11.9. The fourth-order valence-electron chi connectivity index (χ4n) is 3.33. The summed E-state index contributed by atoms with van der Waals surface area (Å²) >= 11 is 1.59. The third-order valence-electron chi connectivity index (χ3n) is 5.09. The predicted molar refractivity (Wildman–Crippen MR) is 120 cm³/mol. The molecule has 1 heterocycles. The molecule has 2 aromatic carbocycles. The predicted octanol–water partition coefficient (Wildman–Crippen LogP) is 2.82. The molecule has 0 bridgehead atoms. The Hall–Kier alpha value is -3.33. The van der Waals surface area contributed by atoms with E-state index in [0.717, 1.165) is 16.2 Å². The molecule has 0 saturated heterocycles. The zero-order valence-corrected chi connectivity index (χ0v) is 18.6. The first-order chi connectivity index (χ1) is 15.3. The van der Waals surface area contributed by atoms with E-state index in [4.69, 9.17) is 4.74 Å². The number of carbonyl (C=O) groups is 4. The van der Waals surface area contributed by atoms with E-state index in [1.807, 2.05) is 6.92 Å². The van der Waals surface area contributed by atoms with Crippen molar-refractivity contribution in [2.24, 2.45) is 0 Å². The highest BCUT2D eigenvalue weighted by Crippen LogP contribution is 2.26. The zero-order chi connectivity index (χ0) is 23.3. The molecule has 9 heteroatoms. The van der Waals surface area contributed by atoms with Crippen molar-refractivity contribution in [3.8, 4) is 5.75 Å². The molecular weight excluding hydrogens is 432 g/mol. The van der Waals surface area contributed by atoms with Crippen LogP contribution in [0.2, 0.25) is 0 Å². The average Bonchev–Trinajstić information content (AvgIpc) is 3.03. The smallest absolute Gasteiger partial charge is 0.326 e. The van der Waals surface area contributed by atoms with Crippen molar-refractivity contribution in [3.05, 3.63) is 64.7 Å². The van der Waals surface area contributed by atoms with Gasteiger partial charge in [0.15, 0.2) is 0 Å². The summed E-state index contributed by atoms with van der Waals surface area (Å²) in [5.41, 5.74) is 1.23. The van der Waals surface area contributed by atoms with Crippen LogP contribution in [0.5, 0.6) is 5.75 Å². The molecule has 3 rings (SSSR count). The van der Waals surface area contributed by atoms with Crippen molar-refractivity contribution >= 4 is 35.5 Å². The second-order valence-corrected chi connectivity index (χ2v) is 8.55. The fraction of sp³-hybridized carbons (Fsp3) is 0.304. The molecule has 3 amide bonds. The summed E-state index contributed by atoms with van der Waals surface area (Å²) in [5.74, 6) is -0.528. The number of methoxy groups -OCH3 is 1. The topological polar surface area (TPSA) is 113 Å². The van der Waals surface area contributed by atoms with E-state index in [1.165, 1.54) is 18.2 Å². The summed E-state index contributed by atoms with van der Waals surface area (Å²) in [6.07, 6.45) is 0.289. The molecule has 0 aliphatic carbocycles. The number of carbonyl (C=O) groups excluding carboxylic acids is 3. The molecule has 1 aliphatic heterocycles. The van der Waals surface area contributed by atoms with Crippen LogP contribution in [-0.4, -0.2) is 58.4 Å². The molecule has 0 spiro atoms. The van der Waals surface area contributed by atoms with Crippen LogP contribution in [0.25, 0.3) is 0 Å². The van der Waals surface area contributed by atoms with Gasteiger partial charge in [-0.3, -0.25) is 19.3 Å². The highest BCUT2D eigenvalue weighted by atomic mass is 32.2. The molecule has 168 valence electrons. The number of amides is 3. The molecule has 0 saturated carbocycles. The number of ether oxygens (including phenoxy) is 1. The number of hydrogen-bond acceptors (Lipinski definition) is 6. The summed E-state index contributed by atoms with van der Waals surface area (Å²) in [6, 6.07) is 10.2. The normalized spacial score (nSPS) is 13.6. The van der Waals surface area contributed by atoms with Crippen molar-refractivity contribution in [1.82, 2.24) is 10.2 Å². The van der Waals surface area contributed by atoms with Crippen LogP contribution in [-0.2, 0) is 11.3 Å². The third kappa shape index (κ3) is 5.11. The number of hydrogen-bond donors (Lipinski definition) is 2. The van der Waals surface area contributed by atoms with Crippen LogP contribution in [0.15, 0.2) is 42.5 Å². The Morgan fingerprint density at radius 3 is 2.41 bits per heavy atom. The Morgan fingerprint density at radius 2 is 1.78 bits per heavy atom. The first-order valence-corrected chi connectivity index (χ1v) is 11.3. The number of nitrogens with zero attached hydrogens (tertiary/aromatic N) is 1. The maximum Gasteiger partial charge on any atom is 0.326 e.